The molecule has 5 heteroatoms. The number of carbonyl (C=O) groups excluding carboxylic acids is 1. The molecule has 1 atom stereocenters. The summed E-state index contributed by atoms with van der Waals surface area (Å²) in [5.74, 6) is 0.0477. The van der Waals surface area contributed by atoms with Crippen LogP contribution < -0.4 is 5.73 Å². The van der Waals surface area contributed by atoms with Crippen LogP contribution in [-0.4, -0.2) is 56.4 Å². The molecule has 0 spiro atoms. The summed E-state index contributed by atoms with van der Waals surface area (Å²) >= 11 is 0. The summed E-state index contributed by atoms with van der Waals surface area (Å²) in [6, 6.07) is 0.167. The van der Waals surface area contributed by atoms with E-state index in [1.807, 2.05) is 11.8 Å². The van der Waals surface area contributed by atoms with Gasteiger partial charge in [-0.2, -0.15) is 0 Å². The molecular weight excluding hydrogens is 232 g/mol. The van der Waals surface area contributed by atoms with Gasteiger partial charge in [-0.05, 0) is 18.8 Å². The van der Waals surface area contributed by atoms with Gasteiger partial charge in [0.05, 0.1) is 13.2 Å². The van der Waals surface area contributed by atoms with Gasteiger partial charge in [0.15, 0.2) is 0 Å². The van der Waals surface area contributed by atoms with Crippen molar-refractivity contribution in [2.45, 2.75) is 33.2 Å². The van der Waals surface area contributed by atoms with E-state index in [1.165, 1.54) is 0 Å². The Labute approximate surface area is 110 Å². The Balaban J connectivity index is 2.26. The predicted octanol–water partition coefficient (Wildman–Crippen LogP) is 0.625. The minimum atomic E-state index is -0.0147. The summed E-state index contributed by atoms with van der Waals surface area (Å²) < 4.78 is 10.4. The second-order valence-electron chi connectivity index (χ2n) is 5.45. The first-order valence-electron chi connectivity index (χ1n) is 6.66. The van der Waals surface area contributed by atoms with E-state index in [0.717, 1.165) is 13.0 Å². The number of hydrogen-bond acceptors (Lipinski definition) is 4. The second-order valence-corrected chi connectivity index (χ2v) is 5.45. The number of hydrogen-bond donors (Lipinski definition) is 1. The van der Waals surface area contributed by atoms with E-state index in [9.17, 15) is 4.79 Å². The number of carbonyl (C=O) groups is 1. The van der Waals surface area contributed by atoms with E-state index >= 15 is 0 Å². The number of nitrogens with two attached hydrogens (primary N) is 1. The number of rotatable bonds is 6. The molecule has 1 amide bonds. The lowest BCUT2D eigenvalue weighted by molar-refractivity contribution is -0.140. The molecule has 5 nitrogen and oxygen atoms in total. The van der Waals surface area contributed by atoms with Gasteiger partial charge in [0.1, 0.15) is 6.61 Å². The number of ether oxygens (including phenoxy) is 2. The summed E-state index contributed by atoms with van der Waals surface area (Å²) in [6.45, 7) is 9.41. The molecule has 1 rings (SSSR count). The number of amides is 1. The maximum Gasteiger partial charge on any atom is 0.248 e. The average Bonchev–Trinajstić information content (AvgIpc) is 2.32. The highest BCUT2D eigenvalue weighted by molar-refractivity contribution is 5.77. The lowest BCUT2D eigenvalue weighted by atomic mass is 9.80. The molecule has 0 aromatic rings. The molecule has 18 heavy (non-hydrogen) atoms. The van der Waals surface area contributed by atoms with Gasteiger partial charge in [0, 0.05) is 25.7 Å². The van der Waals surface area contributed by atoms with Crippen LogP contribution in [0.2, 0.25) is 0 Å². The fourth-order valence-corrected chi connectivity index (χ4v) is 2.10. The lowest BCUT2D eigenvalue weighted by Gasteiger charge is -2.42. The largest absolute Gasteiger partial charge is 0.379 e. The summed E-state index contributed by atoms with van der Waals surface area (Å²) in [7, 11) is 0. The molecule has 0 aliphatic carbocycles. The zero-order chi connectivity index (χ0) is 13.6. The summed E-state index contributed by atoms with van der Waals surface area (Å²) in [5.41, 5.74) is 6.03. The van der Waals surface area contributed by atoms with Crippen LogP contribution in [0.15, 0.2) is 0 Å². The van der Waals surface area contributed by atoms with Crippen LogP contribution in [-0.2, 0) is 14.3 Å². The quantitative estimate of drug-likeness (QED) is 0.710. The maximum atomic E-state index is 11.9. The Morgan fingerprint density at radius 2 is 2.06 bits per heavy atom. The Morgan fingerprint density at radius 3 is 2.67 bits per heavy atom. The van der Waals surface area contributed by atoms with Gasteiger partial charge in [-0.25, -0.2) is 0 Å². The molecule has 1 aliphatic rings. The smallest absolute Gasteiger partial charge is 0.248 e. The molecule has 1 aliphatic heterocycles. The number of piperidine rings is 1. The molecule has 0 aromatic heterocycles. The van der Waals surface area contributed by atoms with Crippen LogP contribution in [0.5, 0.6) is 0 Å². The van der Waals surface area contributed by atoms with Crippen molar-refractivity contribution in [3.05, 3.63) is 0 Å². The molecule has 0 aromatic carbocycles. The fraction of sp³-hybridized carbons (Fsp3) is 0.923. The summed E-state index contributed by atoms with van der Waals surface area (Å²) in [4.78, 5) is 13.8. The van der Waals surface area contributed by atoms with E-state index in [-0.39, 0.29) is 24.0 Å². The third-order valence-electron chi connectivity index (χ3n) is 3.47. The van der Waals surface area contributed by atoms with Gasteiger partial charge in [-0.1, -0.05) is 13.8 Å². The average molecular weight is 258 g/mol. The standard InChI is InChI=1S/C13H26N2O3/c1-4-17-7-8-18-9-12(16)15-6-5-11(14)13(2,3)10-15/h11H,4-10,14H2,1-3H3. The van der Waals surface area contributed by atoms with Crippen molar-refractivity contribution in [1.82, 2.24) is 4.90 Å². The minimum absolute atomic E-state index is 0.0147. The molecule has 0 radical (unpaired) electrons. The summed E-state index contributed by atoms with van der Waals surface area (Å²) in [6.07, 6.45) is 0.859. The Hall–Kier alpha value is -0.650. The van der Waals surface area contributed by atoms with Gasteiger partial charge < -0.3 is 20.1 Å². The lowest BCUT2D eigenvalue weighted by Crippen LogP contribution is -2.54. The second kappa shape index (κ2) is 7.07. The Morgan fingerprint density at radius 1 is 1.39 bits per heavy atom. The van der Waals surface area contributed by atoms with Gasteiger partial charge in [0.2, 0.25) is 5.91 Å². The third kappa shape index (κ3) is 4.55. The van der Waals surface area contributed by atoms with Crippen molar-refractivity contribution in [2.24, 2.45) is 11.1 Å². The molecule has 0 bridgehead atoms. The first kappa shape index (κ1) is 15.4. The van der Waals surface area contributed by atoms with Crippen LogP contribution in [0, 0.1) is 5.41 Å². The zero-order valence-electron chi connectivity index (χ0n) is 11.8. The van der Waals surface area contributed by atoms with Crippen LogP contribution in [0.25, 0.3) is 0 Å². The number of nitrogens with zero attached hydrogens (tertiary/aromatic N) is 1. The molecule has 1 fully saturated rings. The molecular formula is C13H26N2O3. The highest BCUT2D eigenvalue weighted by Crippen LogP contribution is 2.27. The highest BCUT2D eigenvalue weighted by atomic mass is 16.5. The van der Waals surface area contributed by atoms with Crippen LogP contribution in [0.4, 0.5) is 0 Å². The maximum absolute atomic E-state index is 11.9. The molecule has 106 valence electrons. The third-order valence-corrected chi connectivity index (χ3v) is 3.47. The van der Waals surface area contributed by atoms with E-state index in [4.69, 9.17) is 15.2 Å². The summed E-state index contributed by atoms with van der Waals surface area (Å²) in [5, 5.41) is 0. The monoisotopic (exact) mass is 258 g/mol. The topological polar surface area (TPSA) is 64.8 Å². The van der Waals surface area contributed by atoms with Crippen LogP contribution in [0.3, 0.4) is 0 Å². The van der Waals surface area contributed by atoms with Crippen molar-refractivity contribution < 1.29 is 14.3 Å². The van der Waals surface area contributed by atoms with Crippen LogP contribution >= 0.6 is 0 Å². The molecule has 1 saturated heterocycles. The van der Waals surface area contributed by atoms with Gasteiger partial charge >= 0.3 is 0 Å². The highest BCUT2D eigenvalue weighted by Gasteiger charge is 2.35. The van der Waals surface area contributed by atoms with Gasteiger partial charge in [-0.15, -0.1) is 0 Å². The first-order chi connectivity index (χ1) is 8.47. The van der Waals surface area contributed by atoms with E-state index in [2.05, 4.69) is 13.8 Å². The zero-order valence-corrected chi connectivity index (χ0v) is 11.8. The first-order valence-corrected chi connectivity index (χ1v) is 6.66. The van der Waals surface area contributed by atoms with Crippen LogP contribution in [0.1, 0.15) is 27.2 Å². The SMILES string of the molecule is CCOCCOCC(=O)N1CCC(N)C(C)(C)C1. The predicted molar refractivity (Wildman–Crippen MR) is 70.3 cm³/mol. The molecule has 1 unspecified atom stereocenters. The fourth-order valence-electron chi connectivity index (χ4n) is 2.10. The van der Waals surface area contributed by atoms with E-state index < -0.39 is 0 Å². The van der Waals surface area contributed by atoms with Crippen molar-refractivity contribution in [1.29, 1.82) is 0 Å². The van der Waals surface area contributed by atoms with Gasteiger partial charge in [-0.3, -0.25) is 4.79 Å². The Bertz CT molecular complexity index is 269. The van der Waals surface area contributed by atoms with Crippen molar-refractivity contribution in [3.8, 4) is 0 Å². The van der Waals surface area contributed by atoms with Crippen molar-refractivity contribution in [2.75, 3.05) is 39.5 Å². The van der Waals surface area contributed by atoms with Gasteiger partial charge in [0.25, 0.3) is 0 Å². The number of likely N-dealkylation sites (tertiary alicyclic amines) is 1. The molecule has 1 heterocycles. The van der Waals surface area contributed by atoms with E-state index in [0.29, 0.717) is 26.4 Å². The Kier molecular flexibility index (Phi) is 6.05. The van der Waals surface area contributed by atoms with Crippen molar-refractivity contribution >= 4 is 5.91 Å². The van der Waals surface area contributed by atoms with E-state index in [1.54, 1.807) is 0 Å². The molecule has 0 saturated carbocycles. The molecule has 2 N–H and O–H groups in total. The van der Waals surface area contributed by atoms with Crippen molar-refractivity contribution in [3.63, 3.8) is 0 Å². The normalized spacial score (nSPS) is 23.1. The minimum Gasteiger partial charge on any atom is -0.379 e.